The third-order valence-corrected chi connectivity index (χ3v) is 9.53. The first kappa shape index (κ1) is 32.5. The summed E-state index contributed by atoms with van der Waals surface area (Å²) in [5.74, 6) is 2.04. The molecule has 1 fully saturated rings. The smallest absolute Gasteiger partial charge is 0.290 e. The molecule has 0 atom stereocenters. The summed E-state index contributed by atoms with van der Waals surface area (Å²) in [7, 11) is 0.0261. The first-order valence-electron chi connectivity index (χ1n) is 15.0. The number of likely N-dealkylation sites (tertiary alicyclic amines) is 1. The minimum absolute atomic E-state index is 0.159. The van der Waals surface area contributed by atoms with Crippen LogP contribution >= 0.6 is 0 Å². The number of methoxy groups -OCH3 is 1. The van der Waals surface area contributed by atoms with Crippen LogP contribution in [0.2, 0.25) is 0 Å². The van der Waals surface area contributed by atoms with Gasteiger partial charge < -0.3 is 24.6 Å². The van der Waals surface area contributed by atoms with Gasteiger partial charge in [0, 0.05) is 46.6 Å². The van der Waals surface area contributed by atoms with Gasteiger partial charge in [-0.15, -0.1) is 0 Å². The van der Waals surface area contributed by atoms with E-state index in [9.17, 15) is 8.42 Å². The molecule has 3 aromatic carbocycles. The van der Waals surface area contributed by atoms with Crippen molar-refractivity contribution in [3.8, 4) is 17.0 Å². The fourth-order valence-corrected chi connectivity index (χ4v) is 6.61. The predicted molar refractivity (Wildman–Crippen MR) is 180 cm³/mol. The minimum Gasteiger partial charge on any atom is -0.497 e. The highest BCUT2D eigenvalue weighted by molar-refractivity contribution is 7.92. The summed E-state index contributed by atoms with van der Waals surface area (Å²) in [6.07, 6.45) is 7.54. The molecule has 0 radical (unpaired) electrons. The molecule has 3 N–H and O–H groups in total. The summed E-state index contributed by atoms with van der Waals surface area (Å²) in [5, 5.41) is 11.4. The van der Waals surface area contributed by atoms with Crippen LogP contribution in [0.3, 0.4) is 0 Å². The average Bonchev–Trinajstić information content (AvgIpc) is 3.48. The molecule has 11 nitrogen and oxygen atoms in total. The molecule has 2 aromatic heterocycles. The molecule has 0 unspecified atom stereocenters. The summed E-state index contributed by atoms with van der Waals surface area (Å²) in [6.45, 7) is 3.20. The van der Waals surface area contributed by atoms with Gasteiger partial charge in [-0.05, 0) is 112 Å². The number of carbonyl (C=O) groups is 1. The monoisotopic (exact) mass is 642 g/mol. The Morgan fingerprint density at radius 1 is 0.957 bits per heavy atom. The van der Waals surface area contributed by atoms with Gasteiger partial charge in [-0.2, -0.15) is 0 Å². The van der Waals surface area contributed by atoms with Gasteiger partial charge in [0.25, 0.3) is 16.5 Å². The molecule has 6 rings (SSSR count). The second-order valence-electron chi connectivity index (χ2n) is 11.2. The molecule has 0 saturated carbocycles. The van der Waals surface area contributed by atoms with Crippen LogP contribution in [-0.2, 0) is 21.4 Å². The molecule has 1 saturated heterocycles. The van der Waals surface area contributed by atoms with E-state index in [0.717, 1.165) is 29.4 Å². The standard InChI is InChI=1S/C33H36N6O3S.CH2O2/c1-38-17-13-24(14-18-38)15-19-39-20-16-26-21-25(3-12-32(26)39)31-22-33(35-23-34-31)36-27-4-6-28(7-5-27)37-43(40,41)30-10-8-29(42-2)9-11-30;2-1-3/h3-12,16,20-24,37H,13-15,17-19H2,1-2H3,(H,34,35,36);1H,(H,2,3). The highest BCUT2D eigenvalue weighted by atomic mass is 32.2. The Morgan fingerprint density at radius 3 is 2.35 bits per heavy atom. The second kappa shape index (κ2) is 14.9. The van der Waals surface area contributed by atoms with Gasteiger partial charge >= 0.3 is 0 Å². The molecular weight excluding hydrogens is 604 g/mol. The van der Waals surface area contributed by atoms with Crippen molar-refractivity contribution in [2.75, 3.05) is 37.3 Å². The van der Waals surface area contributed by atoms with Crippen LogP contribution in [0, 0.1) is 5.92 Å². The van der Waals surface area contributed by atoms with Crippen molar-refractivity contribution in [2.45, 2.75) is 30.7 Å². The van der Waals surface area contributed by atoms with E-state index >= 15 is 0 Å². The zero-order valence-electron chi connectivity index (χ0n) is 25.8. The zero-order chi connectivity index (χ0) is 32.5. The maximum Gasteiger partial charge on any atom is 0.290 e. The van der Waals surface area contributed by atoms with E-state index in [1.54, 1.807) is 42.7 Å². The lowest BCUT2D eigenvalue weighted by Crippen LogP contribution is -2.30. The lowest BCUT2D eigenvalue weighted by Gasteiger charge is -2.29. The molecule has 3 heterocycles. The topological polar surface area (TPSA) is 139 Å². The van der Waals surface area contributed by atoms with Crippen molar-refractivity contribution < 1.29 is 23.1 Å². The third-order valence-electron chi connectivity index (χ3n) is 8.13. The summed E-state index contributed by atoms with van der Waals surface area (Å²) < 4.78 is 35.6. The lowest BCUT2D eigenvalue weighted by molar-refractivity contribution is -0.122. The number of hydrogen-bond acceptors (Lipinski definition) is 8. The van der Waals surface area contributed by atoms with Gasteiger partial charge in [0.05, 0.1) is 17.7 Å². The highest BCUT2D eigenvalue weighted by Gasteiger charge is 2.17. The van der Waals surface area contributed by atoms with E-state index in [2.05, 4.69) is 67.0 Å². The molecule has 0 bridgehead atoms. The van der Waals surface area contributed by atoms with Gasteiger partial charge in [0.2, 0.25) is 0 Å². The quantitative estimate of drug-likeness (QED) is 0.155. The Kier molecular flexibility index (Phi) is 10.5. The molecule has 0 spiro atoms. The lowest BCUT2D eigenvalue weighted by atomic mass is 9.94. The molecule has 1 aliphatic heterocycles. The second-order valence-corrected chi connectivity index (χ2v) is 12.9. The van der Waals surface area contributed by atoms with Crippen molar-refractivity contribution in [3.63, 3.8) is 0 Å². The number of rotatable bonds is 10. The van der Waals surface area contributed by atoms with Crippen LogP contribution in [0.15, 0.2) is 96.3 Å². The normalized spacial score (nSPS) is 13.9. The number of nitrogens with zero attached hydrogens (tertiary/aromatic N) is 4. The maximum atomic E-state index is 12.8. The van der Waals surface area contributed by atoms with Crippen molar-refractivity contribution in [2.24, 2.45) is 5.92 Å². The average molecular weight is 643 g/mol. The number of fused-ring (bicyclic) bond motifs is 1. The number of anilines is 3. The Hall–Kier alpha value is -4.94. The van der Waals surface area contributed by atoms with Crippen LogP contribution in [0.4, 0.5) is 17.2 Å². The van der Waals surface area contributed by atoms with Gasteiger partial charge in [0.1, 0.15) is 17.9 Å². The first-order chi connectivity index (χ1) is 22.3. The van der Waals surface area contributed by atoms with Gasteiger partial charge in [-0.3, -0.25) is 9.52 Å². The van der Waals surface area contributed by atoms with Crippen LogP contribution in [0.5, 0.6) is 5.75 Å². The third kappa shape index (κ3) is 8.20. The highest BCUT2D eigenvalue weighted by Crippen LogP contribution is 2.28. The summed E-state index contributed by atoms with van der Waals surface area (Å²) in [6, 6.07) is 23.8. The maximum absolute atomic E-state index is 12.8. The molecule has 0 aliphatic carbocycles. The molecule has 1 aliphatic rings. The first-order valence-corrected chi connectivity index (χ1v) is 16.5. The summed E-state index contributed by atoms with van der Waals surface area (Å²) in [5.41, 5.74) is 4.31. The largest absolute Gasteiger partial charge is 0.497 e. The molecule has 46 heavy (non-hydrogen) atoms. The van der Waals surface area contributed by atoms with Crippen LogP contribution in [0.1, 0.15) is 19.3 Å². The minimum atomic E-state index is -3.72. The molecule has 0 amide bonds. The summed E-state index contributed by atoms with van der Waals surface area (Å²) >= 11 is 0. The Labute approximate surface area is 268 Å². The molecule has 12 heteroatoms. The van der Waals surface area contributed by atoms with E-state index in [4.69, 9.17) is 14.6 Å². The Bertz CT molecular complexity index is 1850. The molecule has 240 valence electrons. The Balaban J connectivity index is 0.00000134. The number of benzene rings is 3. The van der Waals surface area contributed by atoms with Crippen molar-refractivity contribution >= 4 is 44.6 Å². The number of piperidine rings is 1. The predicted octanol–water partition coefficient (Wildman–Crippen LogP) is 6.08. The number of aromatic nitrogens is 3. The number of sulfonamides is 1. The number of ether oxygens (including phenoxy) is 1. The fourth-order valence-electron chi connectivity index (χ4n) is 5.55. The number of nitrogens with one attached hydrogen (secondary N) is 2. The van der Waals surface area contributed by atoms with Crippen LogP contribution in [0.25, 0.3) is 22.2 Å². The van der Waals surface area contributed by atoms with Crippen molar-refractivity contribution in [3.05, 3.63) is 91.4 Å². The molecule has 5 aromatic rings. The number of hydrogen-bond donors (Lipinski definition) is 3. The van der Waals surface area contributed by atoms with E-state index in [-0.39, 0.29) is 11.4 Å². The van der Waals surface area contributed by atoms with Gasteiger partial charge in [0.15, 0.2) is 0 Å². The summed E-state index contributed by atoms with van der Waals surface area (Å²) in [4.78, 5) is 19.8. The Morgan fingerprint density at radius 2 is 1.65 bits per heavy atom. The van der Waals surface area contributed by atoms with Gasteiger partial charge in [-0.1, -0.05) is 6.07 Å². The van der Waals surface area contributed by atoms with Crippen molar-refractivity contribution in [1.29, 1.82) is 0 Å². The van der Waals surface area contributed by atoms with E-state index in [0.29, 0.717) is 17.3 Å². The number of carboxylic acid groups (broad SMARTS) is 1. The van der Waals surface area contributed by atoms with E-state index in [1.165, 1.54) is 62.5 Å². The fraction of sp³-hybridized carbons (Fsp3) is 0.265. The number of aryl methyl sites for hydroxylation is 1. The van der Waals surface area contributed by atoms with Crippen LogP contribution < -0.4 is 14.8 Å². The van der Waals surface area contributed by atoms with Crippen LogP contribution in [-0.4, -0.2) is 66.7 Å². The SMILES string of the molecule is COc1ccc(S(=O)(=O)Nc2ccc(Nc3cc(-c4ccc5c(ccn5CCC5CCN(C)CC5)c4)ncn3)cc2)cc1.O=CO. The zero-order valence-corrected chi connectivity index (χ0v) is 26.7. The van der Waals surface area contributed by atoms with E-state index < -0.39 is 10.0 Å². The van der Waals surface area contributed by atoms with E-state index in [1.807, 2.05) is 6.07 Å². The molecular formula is C34H38N6O5S. The van der Waals surface area contributed by atoms with Crippen molar-refractivity contribution in [1.82, 2.24) is 19.4 Å². The van der Waals surface area contributed by atoms with Gasteiger partial charge in [-0.25, -0.2) is 18.4 Å².